The summed E-state index contributed by atoms with van der Waals surface area (Å²) in [7, 11) is 0. The molecule has 0 amide bonds. The van der Waals surface area contributed by atoms with E-state index in [4.69, 9.17) is 11.6 Å². The summed E-state index contributed by atoms with van der Waals surface area (Å²) in [4.78, 5) is 9.25. The predicted molar refractivity (Wildman–Crippen MR) is 82.6 cm³/mol. The van der Waals surface area contributed by atoms with Crippen molar-refractivity contribution in [2.24, 2.45) is 0 Å². The van der Waals surface area contributed by atoms with Gasteiger partial charge in [-0.2, -0.15) is 0 Å². The van der Waals surface area contributed by atoms with E-state index in [0.29, 0.717) is 0 Å². The molecule has 1 aromatic heterocycles. The van der Waals surface area contributed by atoms with Gasteiger partial charge in [0, 0.05) is 17.8 Å². The smallest absolute Gasteiger partial charge is 0.0558 e. The molecule has 1 aromatic rings. The lowest BCUT2D eigenvalue weighted by atomic mass is 10.3. The first-order valence-electron chi connectivity index (χ1n) is 7.24. The van der Waals surface area contributed by atoms with Crippen LogP contribution in [0.4, 0.5) is 0 Å². The van der Waals surface area contributed by atoms with Gasteiger partial charge < -0.3 is 4.90 Å². The first kappa shape index (κ1) is 16.4. The molecule has 0 bridgehead atoms. The van der Waals surface area contributed by atoms with E-state index in [9.17, 15) is 0 Å². The van der Waals surface area contributed by atoms with Crippen LogP contribution in [-0.4, -0.2) is 47.5 Å². The van der Waals surface area contributed by atoms with Crippen LogP contribution >= 0.6 is 11.6 Å². The average Bonchev–Trinajstić information content (AvgIpc) is 2.42. The minimum Gasteiger partial charge on any atom is -0.304 e. The Kier molecular flexibility index (Phi) is 8.03. The molecule has 0 unspecified atom stereocenters. The Labute approximate surface area is 122 Å². The molecule has 1 heterocycles. The molecule has 0 aromatic carbocycles. The zero-order chi connectivity index (χ0) is 14.1. The van der Waals surface area contributed by atoms with E-state index in [0.717, 1.165) is 43.4 Å². The minimum absolute atomic E-state index is 0.768. The van der Waals surface area contributed by atoms with Gasteiger partial charge in [-0.25, -0.2) is 0 Å². The van der Waals surface area contributed by atoms with Gasteiger partial charge in [0.25, 0.3) is 0 Å². The Morgan fingerprint density at radius 1 is 1.05 bits per heavy atom. The number of halogens is 1. The molecule has 0 saturated carbocycles. The van der Waals surface area contributed by atoms with Gasteiger partial charge in [0.15, 0.2) is 0 Å². The fraction of sp³-hybridized carbons (Fsp3) is 0.667. The number of nitrogens with zero attached hydrogens (tertiary/aromatic N) is 3. The topological polar surface area (TPSA) is 19.4 Å². The van der Waals surface area contributed by atoms with Crippen LogP contribution in [0.2, 0.25) is 5.02 Å². The maximum absolute atomic E-state index is 5.99. The van der Waals surface area contributed by atoms with Gasteiger partial charge in [0.1, 0.15) is 0 Å². The highest BCUT2D eigenvalue weighted by Crippen LogP contribution is 2.10. The molecule has 0 radical (unpaired) electrons. The van der Waals surface area contributed by atoms with Crippen LogP contribution in [0.15, 0.2) is 18.3 Å². The molecular formula is C15H26ClN3. The highest BCUT2D eigenvalue weighted by atomic mass is 35.5. The van der Waals surface area contributed by atoms with E-state index in [1.165, 1.54) is 13.0 Å². The van der Waals surface area contributed by atoms with Crippen molar-refractivity contribution in [2.45, 2.75) is 33.7 Å². The summed E-state index contributed by atoms with van der Waals surface area (Å²) >= 11 is 5.99. The first-order valence-corrected chi connectivity index (χ1v) is 7.62. The standard InChI is InChI=1S/C15H26ClN3/c1-4-18(5-2)10-7-11-19(6-3)13-15-12-14(16)8-9-17-15/h8-9,12H,4-7,10-11,13H2,1-3H3. The van der Waals surface area contributed by atoms with Gasteiger partial charge in [0.2, 0.25) is 0 Å². The predicted octanol–water partition coefficient (Wildman–Crippen LogP) is 3.29. The van der Waals surface area contributed by atoms with Gasteiger partial charge in [0.05, 0.1) is 5.69 Å². The molecule has 3 nitrogen and oxygen atoms in total. The Hall–Kier alpha value is -0.640. The van der Waals surface area contributed by atoms with Crippen molar-refractivity contribution in [1.82, 2.24) is 14.8 Å². The van der Waals surface area contributed by atoms with Gasteiger partial charge >= 0.3 is 0 Å². The van der Waals surface area contributed by atoms with Crippen LogP contribution in [0.1, 0.15) is 32.9 Å². The van der Waals surface area contributed by atoms with Crippen LogP contribution in [0.3, 0.4) is 0 Å². The molecule has 0 aliphatic heterocycles. The molecular weight excluding hydrogens is 258 g/mol. The van der Waals surface area contributed by atoms with Crippen LogP contribution in [0, 0.1) is 0 Å². The monoisotopic (exact) mass is 283 g/mol. The van der Waals surface area contributed by atoms with Gasteiger partial charge in [-0.1, -0.05) is 32.4 Å². The molecule has 0 fully saturated rings. The SMILES string of the molecule is CCN(CC)CCCN(CC)Cc1cc(Cl)ccn1. The van der Waals surface area contributed by atoms with Gasteiger partial charge in [-0.3, -0.25) is 9.88 Å². The van der Waals surface area contributed by atoms with Crippen molar-refractivity contribution in [3.05, 3.63) is 29.0 Å². The van der Waals surface area contributed by atoms with E-state index in [2.05, 4.69) is 35.6 Å². The molecule has 19 heavy (non-hydrogen) atoms. The molecule has 1 rings (SSSR count). The summed E-state index contributed by atoms with van der Waals surface area (Å²) in [5.41, 5.74) is 1.05. The number of pyridine rings is 1. The summed E-state index contributed by atoms with van der Waals surface area (Å²) in [6.07, 6.45) is 2.98. The van der Waals surface area contributed by atoms with E-state index in [-0.39, 0.29) is 0 Å². The summed E-state index contributed by atoms with van der Waals surface area (Å²) in [6, 6.07) is 3.77. The lowest BCUT2D eigenvalue weighted by Crippen LogP contribution is -2.30. The lowest BCUT2D eigenvalue weighted by Gasteiger charge is -2.23. The molecule has 0 aliphatic carbocycles. The second kappa shape index (κ2) is 9.29. The molecule has 0 aliphatic rings. The third-order valence-corrected chi connectivity index (χ3v) is 3.69. The third-order valence-electron chi connectivity index (χ3n) is 3.45. The van der Waals surface area contributed by atoms with Crippen LogP contribution in [0.5, 0.6) is 0 Å². The van der Waals surface area contributed by atoms with E-state index in [1.54, 1.807) is 6.20 Å². The lowest BCUT2D eigenvalue weighted by molar-refractivity contribution is 0.237. The van der Waals surface area contributed by atoms with E-state index < -0.39 is 0 Å². The van der Waals surface area contributed by atoms with Crippen molar-refractivity contribution >= 4 is 11.6 Å². The van der Waals surface area contributed by atoms with Crippen LogP contribution < -0.4 is 0 Å². The number of rotatable bonds is 9. The number of aromatic nitrogens is 1. The van der Waals surface area contributed by atoms with Crippen molar-refractivity contribution in [3.8, 4) is 0 Å². The van der Waals surface area contributed by atoms with E-state index in [1.807, 2.05) is 12.1 Å². The fourth-order valence-corrected chi connectivity index (χ4v) is 2.35. The second-order valence-electron chi connectivity index (χ2n) is 4.71. The quantitative estimate of drug-likeness (QED) is 0.693. The second-order valence-corrected chi connectivity index (χ2v) is 5.15. The molecule has 0 saturated heterocycles. The zero-order valence-corrected chi connectivity index (χ0v) is 13.2. The molecule has 108 valence electrons. The molecule has 4 heteroatoms. The number of hydrogen-bond donors (Lipinski definition) is 0. The Bertz CT molecular complexity index is 353. The third kappa shape index (κ3) is 6.37. The summed E-state index contributed by atoms with van der Waals surface area (Å²) in [5.74, 6) is 0. The fourth-order valence-electron chi connectivity index (χ4n) is 2.17. The normalized spacial score (nSPS) is 11.5. The Morgan fingerprint density at radius 3 is 2.26 bits per heavy atom. The minimum atomic E-state index is 0.768. The number of hydrogen-bond acceptors (Lipinski definition) is 3. The largest absolute Gasteiger partial charge is 0.304 e. The van der Waals surface area contributed by atoms with Crippen molar-refractivity contribution in [2.75, 3.05) is 32.7 Å². The highest BCUT2D eigenvalue weighted by molar-refractivity contribution is 6.30. The Morgan fingerprint density at radius 2 is 1.68 bits per heavy atom. The summed E-state index contributed by atoms with van der Waals surface area (Å²) in [6.45, 7) is 13.1. The van der Waals surface area contributed by atoms with Crippen LogP contribution in [0.25, 0.3) is 0 Å². The van der Waals surface area contributed by atoms with Crippen molar-refractivity contribution in [1.29, 1.82) is 0 Å². The van der Waals surface area contributed by atoms with E-state index >= 15 is 0 Å². The molecule has 0 spiro atoms. The molecule has 0 atom stereocenters. The van der Waals surface area contributed by atoms with Crippen molar-refractivity contribution < 1.29 is 0 Å². The maximum Gasteiger partial charge on any atom is 0.0558 e. The Balaban J connectivity index is 2.37. The van der Waals surface area contributed by atoms with Gasteiger partial charge in [-0.05, 0) is 51.3 Å². The maximum atomic E-state index is 5.99. The van der Waals surface area contributed by atoms with Crippen molar-refractivity contribution in [3.63, 3.8) is 0 Å². The van der Waals surface area contributed by atoms with Gasteiger partial charge in [-0.15, -0.1) is 0 Å². The first-order chi connectivity index (χ1) is 9.19. The summed E-state index contributed by atoms with van der Waals surface area (Å²) in [5, 5.41) is 0.768. The highest BCUT2D eigenvalue weighted by Gasteiger charge is 2.06. The zero-order valence-electron chi connectivity index (χ0n) is 12.4. The molecule has 0 N–H and O–H groups in total. The average molecular weight is 284 g/mol. The van der Waals surface area contributed by atoms with Crippen LogP contribution in [-0.2, 0) is 6.54 Å². The summed E-state index contributed by atoms with van der Waals surface area (Å²) < 4.78 is 0.